The van der Waals surface area contributed by atoms with E-state index in [0.717, 1.165) is 12.2 Å². The number of aliphatic hydroxyl groups is 1. The maximum Gasteiger partial charge on any atom is 0.123 e. The van der Waals surface area contributed by atoms with Gasteiger partial charge in [-0.05, 0) is 11.6 Å². The molecule has 2 nitrogen and oxygen atoms in total. The van der Waals surface area contributed by atoms with Crippen molar-refractivity contribution in [2.45, 2.75) is 25.0 Å². The van der Waals surface area contributed by atoms with E-state index in [2.05, 4.69) is 6.07 Å². The number of para-hydroxylation sites is 1. The molecule has 0 radical (unpaired) electrons. The van der Waals surface area contributed by atoms with Gasteiger partial charge in [0.05, 0.1) is 6.10 Å². The van der Waals surface area contributed by atoms with Crippen LogP contribution in [-0.4, -0.2) is 23.2 Å². The fourth-order valence-electron chi connectivity index (χ4n) is 1.75. The zero-order valence-electron chi connectivity index (χ0n) is 7.82. The van der Waals surface area contributed by atoms with Crippen LogP contribution in [0.3, 0.4) is 0 Å². The van der Waals surface area contributed by atoms with Gasteiger partial charge in [-0.1, -0.05) is 18.2 Å². The van der Waals surface area contributed by atoms with Crippen LogP contribution in [0, 0.1) is 0 Å². The minimum Gasteiger partial charge on any atom is -0.490 e. The van der Waals surface area contributed by atoms with E-state index in [1.54, 1.807) is 0 Å². The number of halogens is 1. The molecular formula is C11H13ClO2. The van der Waals surface area contributed by atoms with Crippen LogP contribution < -0.4 is 4.74 Å². The van der Waals surface area contributed by atoms with Gasteiger partial charge in [0.1, 0.15) is 11.9 Å². The number of benzene rings is 1. The summed E-state index contributed by atoms with van der Waals surface area (Å²) in [6.45, 7) is 0. The second-order valence-electron chi connectivity index (χ2n) is 3.60. The lowest BCUT2D eigenvalue weighted by molar-refractivity contribution is 0.120. The molecule has 14 heavy (non-hydrogen) atoms. The van der Waals surface area contributed by atoms with Crippen molar-refractivity contribution >= 4 is 11.6 Å². The first kappa shape index (κ1) is 9.81. The second-order valence-corrected chi connectivity index (χ2v) is 3.90. The van der Waals surface area contributed by atoms with Gasteiger partial charge in [0.2, 0.25) is 0 Å². The highest BCUT2D eigenvalue weighted by Gasteiger charge is 2.24. The SMILES string of the molecule is OC(CCl)CC1Cc2ccccc2O1. The highest BCUT2D eigenvalue weighted by Crippen LogP contribution is 2.29. The van der Waals surface area contributed by atoms with E-state index < -0.39 is 6.10 Å². The number of alkyl halides is 1. The van der Waals surface area contributed by atoms with Crippen molar-refractivity contribution in [3.63, 3.8) is 0 Å². The summed E-state index contributed by atoms with van der Waals surface area (Å²) in [4.78, 5) is 0. The molecule has 1 aliphatic rings. The molecule has 2 atom stereocenters. The molecule has 76 valence electrons. The summed E-state index contributed by atoms with van der Waals surface area (Å²) in [5.41, 5.74) is 1.22. The number of hydrogen-bond donors (Lipinski definition) is 1. The van der Waals surface area contributed by atoms with Gasteiger partial charge in [-0.3, -0.25) is 0 Å². The fraction of sp³-hybridized carbons (Fsp3) is 0.455. The molecule has 0 amide bonds. The highest BCUT2D eigenvalue weighted by atomic mass is 35.5. The van der Waals surface area contributed by atoms with Crippen LogP contribution in [0.15, 0.2) is 24.3 Å². The Balaban J connectivity index is 1.98. The molecule has 0 spiro atoms. The normalized spacial score (nSPS) is 21.4. The monoisotopic (exact) mass is 212 g/mol. The standard InChI is InChI=1S/C11H13ClO2/c12-7-9(13)6-10-5-8-3-1-2-4-11(8)14-10/h1-4,9-10,13H,5-7H2. The second kappa shape index (κ2) is 4.20. The van der Waals surface area contributed by atoms with Crippen molar-refractivity contribution in [3.05, 3.63) is 29.8 Å². The lowest BCUT2D eigenvalue weighted by atomic mass is 10.1. The van der Waals surface area contributed by atoms with Gasteiger partial charge in [-0.15, -0.1) is 11.6 Å². The lowest BCUT2D eigenvalue weighted by Gasteiger charge is -2.13. The van der Waals surface area contributed by atoms with Gasteiger partial charge in [0.15, 0.2) is 0 Å². The van der Waals surface area contributed by atoms with Gasteiger partial charge >= 0.3 is 0 Å². The van der Waals surface area contributed by atoms with Crippen LogP contribution >= 0.6 is 11.6 Å². The predicted molar refractivity (Wildman–Crippen MR) is 55.9 cm³/mol. The van der Waals surface area contributed by atoms with E-state index in [4.69, 9.17) is 16.3 Å². The molecule has 0 bridgehead atoms. The van der Waals surface area contributed by atoms with Gasteiger partial charge in [-0.2, -0.15) is 0 Å². The van der Waals surface area contributed by atoms with Crippen LogP contribution in [0.2, 0.25) is 0 Å². The van der Waals surface area contributed by atoms with Gasteiger partial charge in [-0.25, -0.2) is 0 Å². The Labute approximate surface area is 88.5 Å². The first-order valence-corrected chi connectivity index (χ1v) is 5.31. The van der Waals surface area contributed by atoms with Crippen LogP contribution in [0.4, 0.5) is 0 Å². The van der Waals surface area contributed by atoms with Crippen LogP contribution in [0.1, 0.15) is 12.0 Å². The molecule has 0 saturated heterocycles. The Kier molecular flexibility index (Phi) is 2.94. The molecule has 0 aromatic heterocycles. The predicted octanol–water partition coefficient (Wildman–Crippen LogP) is 1.98. The third kappa shape index (κ3) is 2.02. The summed E-state index contributed by atoms with van der Waals surface area (Å²) in [5.74, 6) is 1.22. The molecule has 1 heterocycles. The molecule has 1 aliphatic heterocycles. The lowest BCUT2D eigenvalue weighted by Crippen LogP contribution is -2.22. The number of fused-ring (bicyclic) bond motifs is 1. The maximum absolute atomic E-state index is 9.39. The zero-order chi connectivity index (χ0) is 9.97. The van der Waals surface area contributed by atoms with E-state index in [9.17, 15) is 5.11 Å². The summed E-state index contributed by atoms with van der Waals surface area (Å²) >= 11 is 5.54. The number of hydrogen-bond acceptors (Lipinski definition) is 2. The van der Waals surface area contributed by atoms with Crippen molar-refractivity contribution in [1.29, 1.82) is 0 Å². The quantitative estimate of drug-likeness (QED) is 0.777. The van der Waals surface area contributed by atoms with Gasteiger partial charge < -0.3 is 9.84 Å². The van der Waals surface area contributed by atoms with E-state index in [1.165, 1.54) is 5.56 Å². The van der Waals surface area contributed by atoms with E-state index in [-0.39, 0.29) is 12.0 Å². The average Bonchev–Trinajstić information content (AvgIpc) is 2.59. The van der Waals surface area contributed by atoms with Crippen molar-refractivity contribution < 1.29 is 9.84 Å². The number of aliphatic hydroxyl groups excluding tert-OH is 1. The minimum absolute atomic E-state index is 0.0844. The molecular weight excluding hydrogens is 200 g/mol. The molecule has 0 saturated carbocycles. The fourth-order valence-corrected chi connectivity index (χ4v) is 1.88. The molecule has 3 heteroatoms. The first-order valence-electron chi connectivity index (χ1n) is 4.78. The Morgan fingerprint density at radius 2 is 2.29 bits per heavy atom. The smallest absolute Gasteiger partial charge is 0.123 e. The largest absolute Gasteiger partial charge is 0.490 e. The van der Waals surface area contributed by atoms with E-state index >= 15 is 0 Å². The maximum atomic E-state index is 9.39. The van der Waals surface area contributed by atoms with Crippen LogP contribution in [-0.2, 0) is 6.42 Å². The Morgan fingerprint density at radius 1 is 1.50 bits per heavy atom. The van der Waals surface area contributed by atoms with Crippen LogP contribution in [0.25, 0.3) is 0 Å². The molecule has 1 aromatic carbocycles. The summed E-state index contributed by atoms with van der Waals surface area (Å²) < 4.78 is 5.66. The summed E-state index contributed by atoms with van der Waals surface area (Å²) in [5, 5.41) is 9.39. The third-order valence-electron chi connectivity index (χ3n) is 2.43. The molecule has 0 aliphatic carbocycles. The molecule has 2 rings (SSSR count). The number of ether oxygens (including phenoxy) is 1. The summed E-state index contributed by atoms with van der Waals surface area (Å²) in [7, 11) is 0. The van der Waals surface area contributed by atoms with E-state index in [1.807, 2.05) is 18.2 Å². The molecule has 1 N–H and O–H groups in total. The highest BCUT2D eigenvalue weighted by molar-refractivity contribution is 6.18. The molecule has 2 unspecified atom stereocenters. The Morgan fingerprint density at radius 3 is 3.00 bits per heavy atom. The third-order valence-corrected chi connectivity index (χ3v) is 2.78. The Hall–Kier alpha value is -0.730. The summed E-state index contributed by atoms with van der Waals surface area (Å²) in [6.07, 6.45) is 1.11. The van der Waals surface area contributed by atoms with Crippen LogP contribution in [0.5, 0.6) is 5.75 Å². The summed E-state index contributed by atoms with van der Waals surface area (Å²) in [6, 6.07) is 7.98. The van der Waals surface area contributed by atoms with Gasteiger partial charge in [0.25, 0.3) is 0 Å². The zero-order valence-corrected chi connectivity index (χ0v) is 8.57. The van der Waals surface area contributed by atoms with E-state index in [0.29, 0.717) is 6.42 Å². The van der Waals surface area contributed by atoms with Crippen molar-refractivity contribution in [2.24, 2.45) is 0 Å². The minimum atomic E-state index is -0.462. The molecule has 0 fully saturated rings. The van der Waals surface area contributed by atoms with Crippen molar-refractivity contribution in [3.8, 4) is 5.75 Å². The van der Waals surface area contributed by atoms with Crippen molar-refractivity contribution in [2.75, 3.05) is 5.88 Å². The first-order chi connectivity index (χ1) is 6.79. The Bertz CT molecular complexity index is 289. The topological polar surface area (TPSA) is 29.5 Å². The average molecular weight is 213 g/mol. The van der Waals surface area contributed by atoms with Gasteiger partial charge in [0, 0.05) is 18.7 Å². The molecule has 1 aromatic rings. The van der Waals surface area contributed by atoms with Crippen molar-refractivity contribution in [1.82, 2.24) is 0 Å². The number of rotatable bonds is 3.